The van der Waals surface area contributed by atoms with E-state index in [9.17, 15) is 18.1 Å². The second-order valence-corrected chi connectivity index (χ2v) is 9.80. The number of rotatable bonds is 16. The number of unbranched alkanes of at least 4 members (excludes halogenated alkanes) is 11. The van der Waals surface area contributed by atoms with Gasteiger partial charge in [0.2, 0.25) is 0 Å². The van der Waals surface area contributed by atoms with Crippen LogP contribution in [0.1, 0.15) is 89.5 Å². The van der Waals surface area contributed by atoms with E-state index in [-0.39, 0.29) is 57.1 Å². The van der Waals surface area contributed by atoms with Gasteiger partial charge in [-0.15, -0.1) is 0 Å². The monoisotopic (exact) mass is 500 g/mol. The molecule has 0 fully saturated rings. The van der Waals surface area contributed by atoms with Gasteiger partial charge in [0.05, 0.1) is 4.90 Å². The van der Waals surface area contributed by atoms with E-state index in [4.69, 9.17) is 4.74 Å². The first-order valence-electron chi connectivity index (χ1n) is 12.0. The molecule has 0 aliphatic carbocycles. The summed E-state index contributed by atoms with van der Waals surface area (Å²) in [4.78, 5) is -0.527. The van der Waals surface area contributed by atoms with E-state index in [1.54, 1.807) is 18.2 Å². The maximum atomic E-state index is 12.4. The summed E-state index contributed by atoms with van der Waals surface area (Å²) in [6, 6.07) is 11.7. The summed E-state index contributed by atoms with van der Waals surface area (Å²) < 4.78 is 38.8. The number of ether oxygens (including phenoxy) is 1. The molecule has 0 radical (unpaired) electrons. The molecular formula is C26H37KO5S. The standard InChI is InChI=1S/C26H38O5S.K/c1-2-3-4-5-6-7-8-9-10-11-12-14-17-22-20-24(31-23-18-15-13-16-19-23)21-25(27)26(22)32(28,29)30;/h13,15-16,18-21,27H,2-12,14,17H2,1H3,(H,28,29,30);/q;+1/p-1. The van der Waals surface area contributed by atoms with Crippen LogP contribution in [0.2, 0.25) is 0 Å². The zero-order valence-corrected chi connectivity index (χ0v) is 24.2. The van der Waals surface area contributed by atoms with Gasteiger partial charge in [-0.2, -0.15) is 8.42 Å². The molecule has 0 spiro atoms. The Morgan fingerprint density at radius 2 is 1.30 bits per heavy atom. The molecule has 33 heavy (non-hydrogen) atoms. The third-order valence-electron chi connectivity index (χ3n) is 5.64. The summed E-state index contributed by atoms with van der Waals surface area (Å²) in [6.45, 7) is 2.23. The van der Waals surface area contributed by atoms with Crippen molar-refractivity contribution in [3.63, 3.8) is 0 Å². The van der Waals surface area contributed by atoms with E-state index >= 15 is 0 Å². The molecular weight excluding hydrogens is 463 g/mol. The van der Waals surface area contributed by atoms with Crippen LogP contribution in [-0.2, 0) is 16.5 Å². The molecule has 7 heteroatoms. The van der Waals surface area contributed by atoms with Gasteiger partial charge in [0, 0.05) is 0 Å². The van der Waals surface area contributed by atoms with E-state index in [1.165, 1.54) is 57.8 Å². The fourth-order valence-electron chi connectivity index (χ4n) is 3.95. The Bertz CT molecular complexity index is 900. The number of para-hydroxylation sites is 1. The number of hydrogen-bond acceptors (Lipinski definition) is 4. The average molecular weight is 501 g/mol. The third kappa shape index (κ3) is 12.2. The van der Waals surface area contributed by atoms with Gasteiger partial charge in [0.25, 0.3) is 10.1 Å². The third-order valence-corrected chi connectivity index (χ3v) is 6.62. The van der Waals surface area contributed by atoms with Gasteiger partial charge in [0.1, 0.15) is 11.5 Å². The molecule has 1 N–H and O–H groups in total. The number of benzene rings is 2. The van der Waals surface area contributed by atoms with Crippen LogP contribution in [0.15, 0.2) is 47.4 Å². The summed E-state index contributed by atoms with van der Waals surface area (Å²) in [5.74, 6) is 0.0974. The molecule has 5 nitrogen and oxygen atoms in total. The van der Waals surface area contributed by atoms with Crippen molar-refractivity contribution in [1.29, 1.82) is 0 Å². The van der Waals surface area contributed by atoms with Crippen molar-refractivity contribution in [2.75, 3.05) is 0 Å². The number of hydrogen-bond donors (Lipinski definition) is 1. The quantitative estimate of drug-likeness (QED) is 0.213. The molecule has 0 aliphatic heterocycles. The van der Waals surface area contributed by atoms with Crippen molar-refractivity contribution in [2.24, 2.45) is 0 Å². The molecule has 0 saturated carbocycles. The van der Waals surface area contributed by atoms with E-state index in [0.717, 1.165) is 25.3 Å². The Hall–Kier alpha value is -0.414. The molecule has 0 unspecified atom stereocenters. The van der Waals surface area contributed by atoms with Crippen LogP contribution in [0, 0.1) is 0 Å². The van der Waals surface area contributed by atoms with Crippen molar-refractivity contribution < 1.29 is 74.2 Å². The first kappa shape index (κ1) is 30.6. The SMILES string of the molecule is CCCCCCCCCCCCCCc1cc(Oc2ccccc2)cc([O-])c1S(=O)(=O)O.[K+]. The minimum atomic E-state index is -4.59. The Kier molecular flexibility index (Phi) is 15.9. The van der Waals surface area contributed by atoms with Crippen molar-refractivity contribution in [3.05, 3.63) is 48.0 Å². The fourth-order valence-corrected chi connectivity index (χ4v) is 4.76. The Balaban J connectivity index is 0.00000544. The summed E-state index contributed by atoms with van der Waals surface area (Å²) in [5, 5.41) is 12.4. The molecule has 0 bridgehead atoms. The summed E-state index contributed by atoms with van der Waals surface area (Å²) in [7, 11) is -4.59. The Labute approximate surface area is 242 Å². The molecule has 0 heterocycles. The van der Waals surface area contributed by atoms with E-state index in [0.29, 0.717) is 17.7 Å². The van der Waals surface area contributed by atoms with Gasteiger partial charge in [-0.25, -0.2) is 0 Å². The predicted octanol–water partition coefficient (Wildman–Crippen LogP) is 4.05. The molecule has 2 aromatic carbocycles. The topological polar surface area (TPSA) is 86.7 Å². The van der Waals surface area contributed by atoms with Crippen LogP contribution in [0.25, 0.3) is 0 Å². The van der Waals surface area contributed by atoms with Crippen molar-refractivity contribution in [2.45, 2.75) is 95.3 Å². The zero-order valence-electron chi connectivity index (χ0n) is 20.2. The van der Waals surface area contributed by atoms with Crippen LogP contribution in [0.5, 0.6) is 17.2 Å². The van der Waals surface area contributed by atoms with Crippen LogP contribution in [-0.4, -0.2) is 13.0 Å². The van der Waals surface area contributed by atoms with Crippen molar-refractivity contribution in [1.82, 2.24) is 0 Å². The molecule has 0 amide bonds. The fraction of sp³-hybridized carbons (Fsp3) is 0.538. The van der Waals surface area contributed by atoms with E-state index in [2.05, 4.69) is 6.92 Å². The van der Waals surface area contributed by atoms with Gasteiger partial charge in [0.15, 0.2) is 0 Å². The van der Waals surface area contributed by atoms with Gasteiger partial charge in [-0.3, -0.25) is 4.55 Å². The Morgan fingerprint density at radius 1 is 0.788 bits per heavy atom. The van der Waals surface area contributed by atoms with Gasteiger partial charge in [-0.05, 0) is 42.7 Å². The smallest absolute Gasteiger partial charge is 0.871 e. The molecule has 0 aliphatic rings. The predicted molar refractivity (Wildman–Crippen MR) is 127 cm³/mol. The van der Waals surface area contributed by atoms with Gasteiger partial charge >= 0.3 is 51.4 Å². The average Bonchev–Trinajstić information content (AvgIpc) is 2.74. The summed E-state index contributed by atoms with van der Waals surface area (Å²) in [5.41, 5.74) is 0.318. The van der Waals surface area contributed by atoms with Gasteiger partial charge < -0.3 is 9.84 Å². The summed E-state index contributed by atoms with van der Waals surface area (Å²) >= 11 is 0. The molecule has 0 atom stereocenters. The maximum absolute atomic E-state index is 12.4. The van der Waals surface area contributed by atoms with Crippen molar-refractivity contribution >= 4 is 10.1 Å². The molecule has 2 aromatic rings. The van der Waals surface area contributed by atoms with E-state index in [1.807, 2.05) is 18.2 Å². The Morgan fingerprint density at radius 3 is 1.82 bits per heavy atom. The zero-order chi connectivity index (χ0) is 23.2. The molecule has 2 rings (SSSR count). The maximum Gasteiger partial charge on any atom is 1.00 e. The molecule has 0 saturated heterocycles. The first-order chi connectivity index (χ1) is 15.4. The van der Waals surface area contributed by atoms with Crippen LogP contribution >= 0.6 is 0 Å². The summed E-state index contributed by atoms with van der Waals surface area (Å²) in [6.07, 6.45) is 14.8. The molecule has 0 aromatic heterocycles. The second-order valence-electron chi connectivity index (χ2n) is 8.44. The van der Waals surface area contributed by atoms with Crippen molar-refractivity contribution in [3.8, 4) is 17.2 Å². The van der Waals surface area contributed by atoms with E-state index < -0.39 is 20.8 Å². The second kappa shape index (κ2) is 17.1. The van der Waals surface area contributed by atoms with Crippen LogP contribution in [0.4, 0.5) is 0 Å². The largest absolute Gasteiger partial charge is 1.00 e. The van der Waals surface area contributed by atoms with Gasteiger partial charge in [-0.1, -0.05) is 102 Å². The minimum Gasteiger partial charge on any atom is -0.871 e. The van der Waals surface area contributed by atoms with Crippen LogP contribution in [0.3, 0.4) is 0 Å². The number of aryl methyl sites for hydroxylation is 1. The molecule has 178 valence electrons. The normalized spacial score (nSPS) is 11.2. The van der Waals surface area contributed by atoms with Crippen LogP contribution < -0.4 is 61.2 Å². The minimum absolute atomic E-state index is 0. The first-order valence-corrected chi connectivity index (χ1v) is 13.4.